The molecule has 10 heteroatoms. The number of β-amino-alcohol motifs (C(OH)–C–C–N with tert-alkyl or cyclic N) is 1. The van der Waals surface area contributed by atoms with Crippen LogP contribution in [0.3, 0.4) is 0 Å². The fraction of sp³-hybridized carbons (Fsp3) is 0.387. The van der Waals surface area contributed by atoms with E-state index >= 15 is 4.39 Å². The Bertz CT molecular complexity index is 1430. The first kappa shape index (κ1) is 32.3. The highest BCUT2D eigenvalue weighted by molar-refractivity contribution is 7.89. The molecule has 0 radical (unpaired) electrons. The summed E-state index contributed by atoms with van der Waals surface area (Å²) in [5.41, 5.74) is 1.46. The van der Waals surface area contributed by atoms with Crippen molar-refractivity contribution in [2.75, 3.05) is 20.1 Å². The number of sulfonamides is 1. The topological polar surface area (TPSA) is 107 Å². The van der Waals surface area contributed by atoms with E-state index in [1.54, 1.807) is 6.07 Å². The number of nitrogens with one attached hydrogen (secondary N) is 1. The first-order chi connectivity index (χ1) is 19.3. The molecule has 0 aliphatic carbocycles. The summed E-state index contributed by atoms with van der Waals surface area (Å²) in [6, 6.07) is 17.6. The van der Waals surface area contributed by atoms with Crippen LogP contribution in [0, 0.1) is 11.6 Å². The van der Waals surface area contributed by atoms with Gasteiger partial charge in [-0.1, -0.05) is 48.5 Å². The molecule has 41 heavy (non-hydrogen) atoms. The molecule has 3 aromatic rings. The number of aliphatic carboxylic acids is 1. The van der Waals surface area contributed by atoms with Crippen molar-refractivity contribution in [3.63, 3.8) is 0 Å². The Hall–Kier alpha value is -3.18. The summed E-state index contributed by atoms with van der Waals surface area (Å²) < 4.78 is 57.0. The third-order valence-corrected chi connectivity index (χ3v) is 8.87. The summed E-state index contributed by atoms with van der Waals surface area (Å²) in [6.07, 6.45) is 1.47. The van der Waals surface area contributed by atoms with Gasteiger partial charge in [0.25, 0.3) is 0 Å². The van der Waals surface area contributed by atoms with Crippen LogP contribution in [0.15, 0.2) is 71.6 Å². The molecule has 3 N–H and O–H groups in total. The van der Waals surface area contributed by atoms with Crippen LogP contribution < -0.4 is 5.32 Å². The smallest absolute Gasteiger partial charge is 0.303 e. The van der Waals surface area contributed by atoms with Gasteiger partial charge in [0.2, 0.25) is 10.0 Å². The molecule has 0 bridgehead atoms. The lowest BCUT2D eigenvalue weighted by Gasteiger charge is -2.29. The lowest BCUT2D eigenvalue weighted by atomic mass is 9.95. The number of rotatable bonds is 15. The van der Waals surface area contributed by atoms with Gasteiger partial charge < -0.3 is 15.5 Å². The maximum Gasteiger partial charge on any atom is 0.303 e. The fourth-order valence-corrected chi connectivity index (χ4v) is 5.95. The molecule has 0 fully saturated rings. The number of hydrogen-bond donors (Lipinski definition) is 3. The summed E-state index contributed by atoms with van der Waals surface area (Å²) in [4.78, 5) is 10.4. The molecule has 0 aliphatic heterocycles. The molecule has 0 heterocycles. The molecule has 1 atom stereocenters. The van der Waals surface area contributed by atoms with Crippen molar-refractivity contribution in [3.8, 4) is 11.1 Å². The summed E-state index contributed by atoms with van der Waals surface area (Å²) in [7, 11) is -3.04. The number of aliphatic hydroxyl groups is 1. The molecule has 1 unspecified atom stereocenters. The Morgan fingerprint density at radius 1 is 1.00 bits per heavy atom. The van der Waals surface area contributed by atoms with E-state index in [0.717, 1.165) is 35.7 Å². The molecule has 0 aromatic heterocycles. The van der Waals surface area contributed by atoms with Crippen LogP contribution >= 0.6 is 0 Å². The van der Waals surface area contributed by atoms with Gasteiger partial charge in [-0.25, -0.2) is 17.2 Å². The van der Waals surface area contributed by atoms with Gasteiger partial charge in [0.15, 0.2) is 0 Å². The van der Waals surface area contributed by atoms with E-state index in [1.807, 2.05) is 32.0 Å². The maximum absolute atomic E-state index is 15.2. The predicted molar refractivity (Wildman–Crippen MR) is 155 cm³/mol. The minimum Gasteiger partial charge on any atom is -0.481 e. The zero-order valence-electron chi connectivity index (χ0n) is 23.6. The third-order valence-electron chi connectivity index (χ3n) is 7.01. The Balaban J connectivity index is 1.63. The van der Waals surface area contributed by atoms with E-state index < -0.39 is 38.6 Å². The van der Waals surface area contributed by atoms with Gasteiger partial charge in [-0.05, 0) is 74.4 Å². The van der Waals surface area contributed by atoms with E-state index in [9.17, 15) is 22.7 Å². The van der Waals surface area contributed by atoms with Crippen molar-refractivity contribution in [2.24, 2.45) is 0 Å². The summed E-state index contributed by atoms with van der Waals surface area (Å²) in [5.74, 6) is -2.80. The van der Waals surface area contributed by atoms with Crippen LogP contribution in [0.5, 0.6) is 0 Å². The number of benzene rings is 3. The predicted octanol–water partition coefficient (Wildman–Crippen LogP) is 5.02. The van der Waals surface area contributed by atoms with Crippen molar-refractivity contribution in [3.05, 3.63) is 89.5 Å². The Morgan fingerprint density at radius 2 is 1.71 bits per heavy atom. The lowest BCUT2D eigenvalue weighted by Crippen LogP contribution is -2.46. The minimum absolute atomic E-state index is 0.0258. The maximum atomic E-state index is 15.2. The monoisotopic (exact) mass is 588 g/mol. The fourth-order valence-electron chi connectivity index (χ4n) is 4.70. The number of nitrogens with zero attached hydrogens (tertiary/aromatic N) is 1. The highest BCUT2D eigenvalue weighted by atomic mass is 32.2. The van der Waals surface area contributed by atoms with Crippen molar-refractivity contribution in [1.82, 2.24) is 9.62 Å². The van der Waals surface area contributed by atoms with Crippen LogP contribution in [0.4, 0.5) is 8.78 Å². The molecule has 0 saturated heterocycles. The Kier molecular flexibility index (Phi) is 11.1. The van der Waals surface area contributed by atoms with Crippen molar-refractivity contribution < 1.29 is 32.2 Å². The van der Waals surface area contributed by atoms with Crippen LogP contribution in [-0.4, -0.2) is 60.7 Å². The van der Waals surface area contributed by atoms with E-state index in [2.05, 4.69) is 17.4 Å². The molecule has 3 aromatic carbocycles. The van der Waals surface area contributed by atoms with E-state index in [-0.39, 0.29) is 42.6 Å². The standard InChI is InChI=1S/C31H38F2N2O5S/c1-31(2,18-8-11-22-9-5-4-6-10-22)34-20-25(36)21-35(3)41(39,40)28-16-14-24(19-27(28)33)30-23(15-17-29(37)38)12-7-13-26(30)32/h4-7,9-10,12-14,16,19,25,34,36H,8,11,15,17-18,20-21H2,1-3H3,(H,37,38). The Morgan fingerprint density at radius 3 is 2.37 bits per heavy atom. The lowest BCUT2D eigenvalue weighted by molar-refractivity contribution is -0.136. The number of hydrogen-bond acceptors (Lipinski definition) is 5. The summed E-state index contributed by atoms with van der Waals surface area (Å²) in [5, 5.41) is 22.8. The number of halogens is 2. The second kappa shape index (κ2) is 14.1. The largest absolute Gasteiger partial charge is 0.481 e. The Labute approximate surface area is 240 Å². The van der Waals surface area contributed by atoms with Gasteiger partial charge in [-0.3, -0.25) is 4.79 Å². The number of carbonyl (C=O) groups is 1. The molecular weight excluding hydrogens is 550 g/mol. The number of aliphatic hydroxyl groups excluding tert-OH is 1. The molecule has 222 valence electrons. The zero-order valence-corrected chi connectivity index (χ0v) is 24.4. The average Bonchev–Trinajstić information content (AvgIpc) is 2.91. The number of likely N-dealkylation sites (N-methyl/N-ethyl adjacent to an activating group) is 1. The molecule has 3 rings (SSSR count). The second-order valence-corrected chi connectivity index (χ2v) is 12.9. The van der Waals surface area contributed by atoms with E-state index in [0.29, 0.717) is 5.56 Å². The van der Waals surface area contributed by atoms with Gasteiger partial charge >= 0.3 is 5.97 Å². The first-order valence-electron chi connectivity index (χ1n) is 13.5. The average molecular weight is 589 g/mol. The summed E-state index contributed by atoms with van der Waals surface area (Å²) >= 11 is 0. The zero-order chi connectivity index (χ0) is 30.2. The van der Waals surface area contributed by atoms with Crippen LogP contribution in [0.2, 0.25) is 0 Å². The van der Waals surface area contributed by atoms with Crippen molar-refractivity contribution in [2.45, 2.75) is 62.5 Å². The van der Waals surface area contributed by atoms with Gasteiger partial charge in [0.1, 0.15) is 16.5 Å². The SMILES string of the molecule is CN(CC(O)CNC(C)(C)CCCc1ccccc1)S(=O)(=O)c1ccc(-c2c(F)cccc2CCC(=O)O)cc1F. The molecule has 0 amide bonds. The highest BCUT2D eigenvalue weighted by Crippen LogP contribution is 2.31. The van der Waals surface area contributed by atoms with Gasteiger partial charge in [0.05, 0.1) is 6.10 Å². The van der Waals surface area contributed by atoms with Crippen molar-refractivity contribution in [1.29, 1.82) is 0 Å². The second-order valence-electron chi connectivity index (χ2n) is 10.9. The quantitative estimate of drug-likeness (QED) is 0.230. The highest BCUT2D eigenvalue weighted by Gasteiger charge is 2.28. The minimum atomic E-state index is -4.30. The number of aryl methyl sites for hydroxylation is 2. The van der Waals surface area contributed by atoms with Gasteiger partial charge in [-0.2, -0.15) is 4.31 Å². The van der Waals surface area contributed by atoms with E-state index in [4.69, 9.17) is 5.11 Å². The molecule has 0 aliphatic rings. The van der Waals surface area contributed by atoms with Crippen LogP contribution in [-0.2, 0) is 27.7 Å². The van der Waals surface area contributed by atoms with Gasteiger partial charge in [-0.15, -0.1) is 0 Å². The molecule has 0 saturated carbocycles. The molecular formula is C31H38F2N2O5S. The third kappa shape index (κ3) is 9.16. The van der Waals surface area contributed by atoms with Crippen LogP contribution in [0.25, 0.3) is 11.1 Å². The number of carboxylic acids is 1. The first-order valence-corrected chi connectivity index (χ1v) is 15.0. The number of carboxylic acid groups (broad SMARTS) is 1. The normalized spacial score (nSPS) is 13.0. The molecule has 0 spiro atoms. The van der Waals surface area contributed by atoms with Crippen molar-refractivity contribution >= 4 is 16.0 Å². The van der Waals surface area contributed by atoms with Crippen LogP contribution in [0.1, 0.15) is 44.2 Å². The van der Waals surface area contributed by atoms with E-state index in [1.165, 1.54) is 30.8 Å². The van der Waals surface area contributed by atoms with Gasteiger partial charge in [0, 0.05) is 37.7 Å². The molecule has 7 nitrogen and oxygen atoms in total. The summed E-state index contributed by atoms with van der Waals surface area (Å²) in [6.45, 7) is 3.92.